The molecule has 1 aromatic carbocycles. The predicted molar refractivity (Wildman–Crippen MR) is 85.9 cm³/mol. The Hall–Kier alpha value is -3.28. The van der Waals surface area contributed by atoms with Crippen molar-refractivity contribution in [1.82, 2.24) is 14.8 Å². The molecule has 0 bridgehead atoms. The van der Waals surface area contributed by atoms with Crippen molar-refractivity contribution in [2.75, 3.05) is 6.54 Å². The zero-order valence-corrected chi connectivity index (χ0v) is 12.3. The van der Waals surface area contributed by atoms with E-state index in [1.807, 2.05) is 22.9 Å². The van der Waals surface area contributed by atoms with E-state index in [4.69, 9.17) is 0 Å². The van der Waals surface area contributed by atoms with Gasteiger partial charge < -0.3 is 15.0 Å². The van der Waals surface area contributed by atoms with E-state index < -0.39 is 6.03 Å². The second-order valence-electron chi connectivity index (χ2n) is 5.01. The molecule has 3 amide bonds. The molecular formula is C17H15N3O3. The number of carbonyl (C=O) groups is 2. The number of phenols is 1. The zero-order valence-electron chi connectivity index (χ0n) is 12.3. The first-order chi connectivity index (χ1) is 11.1. The summed E-state index contributed by atoms with van der Waals surface area (Å²) in [4.78, 5) is 25.1. The maximum atomic E-state index is 12.2. The maximum Gasteiger partial charge on any atom is 0.329 e. The van der Waals surface area contributed by atoms with Gasteiger partial charge in [0.25, 0.3) is 5.91 Å². The highest BCUT2D eigenvalue weighted by Crippen LogP contribution is 2.19. The lowest BCUT2D eigenvalue weighted by Crippen LogP contribution is -2.30. The van der Waals surface area contributed by atoms with Crippen molar-refractivity contribution in [1.29, 1.82) is 0 Å². The molecule has 1 fully saturated rings. The Morgan fingerprint density at radius 2 is 1.91 bits per heavy atom. The van der Waals surface area contributed by atoms with Crippen LogP contribution in [0.15, 0.2) is 60.9 Å². The number of hydrogen-bond acceptors (Lipinski definition) is 3. The number of rotatable bonds is 4. The summed E-state index contributed by atoms with van der Waals surface area (Å²) in [6, 6.07) is 9.90. The van der Waals surface area contributed by atoms with Crippen molar-refractivity contribution in [2.24, 2.45) is 0 Å². The van der Waals surface area contributed by atoms with Gasteiger partial charge in [-0.3, -0.25) is 9.69 Å². The van der Waals surface area contributed by atoms with Gasteiger partial charge in [0.2, 0.25) is 0 Å². The number of amides is 3. The van der Waals surface area contributed by atoms with Gasteiger partial charge in [-0.15, -0.1) is 6.58 Å². The fraction of sp³-hybridized carbons (Fsp3) is 0.0588. The minimum atomic E-state index is -0.455. The SMILES string of the molecule is C=CCN1C(=O)N/C(=C/c2cccn2-c2ccc(O)cc2)C1=O. The van der Waals surface area contributed by atoms with Crippen LogP contribution in [0, 0.1) is 0 Å². The number of imide groups is 1. The van der Waals surface area contributed by atoms with E-state index in [2.05, 4.69) is 11.9 Å². The molecule has 3 rings (SSSR count). The predicted octanol–water partition coefficient (Wildman–Crippen LogP) is 2.26. The number of aromatic nitrogens is 1. The van der Waals surface area contributed by atoms with Gasteiger partial charge >= 0.3 is 6.03 Å². The lowest BCUT2D eigenvalue weighted by molar-refractivity contribution is -0.122. The van der Waals surface area contributed by atoms with Gasteiger partial charge in [0, 0.05) is 24.1 Å². The third kappa shape index (κ3) is 2.74. The fourth-order valence-corrected chi connectivity index (χ4v) is 2.37. The summed E-state index contributed by atoms with van der Waals surface area (Å²) in [7, 11) is 0. The van der Waals surface area contributed by atoms with E-state index >= 15 is 0 Å². The van der Waals surface area contributed by atoms with Crippen LogP contribution in [0.1, 0.15) is 5.69 Å². The number of carbonyl (C=O) groups excluding carboxylic acids is 2. The van der Waals surface area contributed by atoms with E-state index in [1.165, 1.54) is 6.08 Å². The Balaban J connectivity index is 1.94. The van der Waals surface area contributed by atoms with Crippen LogP contribution < -0.4 is 5.32 Å². The number of urea groups is 1. The molecule has 6 heteroatoms. The Morgan fingerprint density at radius 3 is 2.61 bits per heavy atom. The summed E-state index contributed by atoms with van der Waals surface area (Å²) < 4.78 is 1.85. The summed E-state index contributed by atoms with van der Waals surface area (Å²) in [5, 5.41) is 11.9. The van der Waals surface area contributed by atoms with Gasteiger partial charge in [0.15, 0.2) is 0 Å². The van der Waals surface area contributed by atoms with Crippen molar-refractivity contribution in [3.63, 3.8) is 0 Å². The lowest BCUT2D eigenvalue weighted by Gasteiger charge is -2.08. The average Bonchev–Trinajstić information content (AvgIpc) is 3.09. The Kier molecular flexibility index (Phi) is 3.72. The molecule has 6 nitrogen and oxygen atoms in total. The molecule has 2 N–H and O–H groups in total. The van der Waals surface area contributed by atoms with Crippen LogP contribution in [0.4, 0.5) is 4.79 Å². The van der Waals surface area contributed by atoms with E-state index in [-0.39, 0.29) is 23.9 Å². The normalized spacial score (nSPS) is 16.0. The van der Waals surface area contributed by atoms with Gasteiger partial charge in [-0.05, 0) is 42.5 Å². The van der Waals surface area contributed by atoms with E-state index in [0.717, 1.165) is 16.3 Å². The number of nitrogens with one attached hydrogen (secondary N) is 1. The molecule has 2 aromatic rings. The minimum Gasteiger partial charge on any atom is -0.508 e. The smallest absolute Gasteiger partial charge is 0.329 e. The molecule has 0 radical (unpaired) electrons. The molecule has 0 spiro atoms. The van der Waals surface area contributed by atoms with Crippen molar-refractivity contribution in [3.05, 3.63) is 66.6 Å². The van der Waals surface area contributed by atoms with Crippen molar-refractivity contribution < 1.29 is 14.7 Å². The zero-order chi connectivity index (χ0) is 16.4. The highest BCUT2D eigenvalue weighted by atomic mass is 16.3. The number of hydrogen-bond donors (Lipinski definition) is 2. The highest BCUT2D eigenvalue weighted by Gasteiger charge is 2.32. The Morgan fingerprint density at radius 1 is 1.17 bits per heavy atom. The number of benzene rings is 1. The number of nitrogens with zero attached hydrogens (tertiary/aromatic N) is 2. The summed E-state index contributed by atoms with van der Waals surface area (Å²) in [6.07, 6.45) is 4.96. The van der Waals surface area contributed by atoms with Crippen LogP contribution in [0.25, 0.3) is 11.8 Å². The van der Waals surface area contributed by atoms with Gasteiger partial charge in [0.1, 0.15) is 11.4 Å². The lowest BCUT2D eigenvalue weighted by atomic mass is 10.2. The fourth-order valence-electron chi connectivity index (χ4n) is 2.37. The number of phenolic OH excluding ortho intramolecular Hbond substituents is 1. The van der Waals surface area contributed by atoms with Gasteiger partial charge in [-0.1, -0.05) is 6.08 Å². The largest absolute Gasteiger partial charge is 0.508 e. The molecule has 0 atom stereocenters. The van der Waals surface area contributed by atoms with E-state index in [0.29, 0.717) is 0 Å². The van der Waals surface area contributed by atoms with Crippen LogP contribution in [0.3, 0.4) is 0 Å². The van der Waals surface area contributed by atoms with Crippen LogP contribution in [-0.2, 0) is 4.79 Å². The van der Waals surface area contributed by atoms with Crippen LogP contribution in [0.2, 0.25) is 0 Å². The van der Waals surface area contributed by atoms with E-state index in [1.54, 1.807) is 30.3 Å². The molecule has 2 heterocycles. The standard InChI is InChI=1S/C17H15N3O3/c1-2-9-20-16(22)15(18-17(20)23)11-13-4-3-10-19(13)12-5-7-14(21)8-6-12/h2-8,10-11,21H,1,9H2,(H,18,23)/b15-11+. The first-order valence-electron chi connectivity index (χ1n) is 7.02. The summed E-state index contributed by atoms with van der Waals surface area (Å²) in [6.45, 7) is 3.70. The molecule has 23 heavy (non-hydrogen) atoms. The van der Waals surface area contributed by atoms with Crippen molar-refractivity contribution in [3.8, 4) is 11.4 Å². The average molecular weight is 309 g/mol. The maximum absolute atomic E-state index is 12.2. The molecule has 1 aromatic heterocycles. The molecule has 1 aliphatic rings. The van der Waals surface area contributed by atoms with Crippen molar-refractivity contribution in [2.45, 2.75) is 0 Å². The Bertz CT molecular complexity index is 803. The van der Waals surface area contributed by atoms with E-state index in [9.17, 15) is 14.7 Å². The van der Waals surface area contributed by atoms with Crippen molar-refractivity contribution >= 4 is 18.0 Å². The second kappa shape index (κ2) is 5.84. The first kappa shape index (κ1) is 14.6. The van der Waals surface area contributed by atoms with Crippen LogP contribution >= 0.6 is 0 Å². The molecule has 0 saturated carbocycles. The molecule has 116 valence electrons. The first-order valence-corrected chi connectivity index (χ1v) is 7.02. The number of aromatic hydroxyl groups is 1. The topological polar surface area (TPSA) is 74.6 Å². The third-order valence-corrected chi connectivity index (χ3v) is 3.47. The second-order valence-corrected chi connectivity index (χ2v) is 5.01. The van der Waals surface area contributed by atoms with Gasteiger partial charge in [-0.25, -0.2) is 4.79 Å². The third-order valence-electron chi connectivity index (χ3n) is 3.47. The molecule has 0 unspecified atom stereocenters. The van der Waals surface area contributed by atoms with Gasteiger partial charge in [0.05, 0.1) is 0 Å². The summed E-state index contributed by atoms with van der Waals surface area (Å²) in [5.74, 6) is -0.201. The molecular weight excluding hydrogens is 294 g/mol. The highest BCUT2D eigenvalue weighted by molar-refractivity contribution is 6.14. The Labute approximate surface area is 133 Å². The monoisotopic (exact) mass is 309 g/mol. The quantitative estimate of drug-likeness (QED) is 0.517. The summed E-state index contributed by atoms with van der Waals surface area (Å²) in [5.41, 5.74) is 1.79. The molecule has 0 aliphatic carbocycles. The minimum absolute atomic E-state index is 0.168. The van der Waals surface area contributed by atoms with Crippen LogP contribution in [0.5, 0.6) is 5.75 Å². The van der Waals surface area contributed by atoms with Crippen LogP contribution in [-0.4, -0.2) is 33.1 Å². The summed E-state index contributed by atoms with van der Waals surface area (Å²) >= 11 is 0. The van der Waals surface area contributed by atoms with Gasteiger partial charge in [-0.2, -0.15) is 0 Å². The molecule has 1 saturated heterocycles. The molecule has 1 aliphatic heterocycles.